The molecule has 0 unspecified atom stereocenters. The largest absolute Gasteiger partial charge is 0.387 e. The molecule has 1 aliphatic heterocycles. The number of piperidine rings is 1. The van der Waals surface area contributed by atoms with Crippen LogP contribution in [0.5, 0.6) is 0 Å². The second kappa shape index (κ2) is 8.80. The van der Waals surface area contributed by atoms with E-state index in [1.54, 1.807) is 0 Å². The summed E-state index contributed by atoms with van der Waals surface area (Å²) in [4.78, 5) is 4.87. The summed E-state index contributed by atoms with van der Waals surface area (Å²) in [6.45, 7) is 7.68. The quantitative estimate of drug-likeness (QED) is 0.389. The standard InChI is InChI=1S/C22H30N6O/c1-15(2)18-13-26-28-21(25-11-16-6-4-3-5-7-16)10-20(27-22(18)28)24-12-17-8-9-23-14-19(17)29/h3-7,10,13,15,17,19,23,29H,8-9,11-12,14H2,1-2H3,(H2,24,25,26,27)/p+2/t17-,19+/m1/s1. The first-order valence-corrected chi connectivity index (χ1v) is 10.6. The number of anilines is 2. The molecule has 0 spiro atoms. The van der Waals surface area contributed by atoms with Crippen LogP contribution in [-0.4, -0.2) is 40.9 Å². The number of rotatable bonds is 7. The van der Waals surface area contributed by atoms with Crippen molar-refractivity contribution in [3.8, 4) is 0 Å². The number of nitrogens with one attached hydrogen (secondary N) is 3. The Kier molecular flexibility index (Phi) is 5.97. The van der Waals surface area contributed by atoms with Crippen molar-refractivity contribution in [3.05, 3.63) is 53.7 Å². The molecule has 0 amide bonds. The Bertz CT molecular complexity index is 939. The maximum Gasteiger partial charge on any atom is 0.292 e. The maximum absolute atomic E-state index is 10.3. The number of H-pyrrole nitrogens is 1. The SMILES string of the molecule is CC(C)c1c[nH][n+]2c(NCc3ccccc3)cc(NC[C@H]3CC[NH2+]C[C@@H]3O)nc12. The molecule has 29 heavy (non-hydrogen) atoms. The summed E-state index contributed by atoms with van der Waals surface area (Å²) in [6.07, 6.45) is 2.79. The van der Waals surface area contributed by atoms with E-state index < -0.39 is 0 Å². The van der Waals surface area contributed by atoms with E-state index in [4.69, 9.17) is 4.98 Å². The van der Waals surface area contributed by atoms with E-state index in [1.165, 1.54) is 11.1 Å². The van der Waals surface area contributed by atoms with E-state index in [1.807, 2.05) is 22.8 Å². The van der Waals surface area contributed by atoms with Gasteiger partial charge in [0, 0.05) is 25.1 Å². The lowest BCUT2D eigenvalue weighted by atomic mass is 9.95. The van der Waals surface area contributed by atoms with Gasteiger partial charge in [0.1, 0.15) is 12.6 Å². The van der Waals surface area contributed by atoms with Gasteiger partial charge in [-0.15, -0.1) is 4.52 Å². The fourth-order valence-corrected chi connectivity index (χ4v) is 3.94. The first-order valence-electron chi connectivity index (χ1n) is 10.6. The molecule has 1 saturated heterocycles. The first kappa shape index (κ1) is 19.7. The molecule has 2 aromatic heterocycles. The van der Waals surface area contributed by atoms with E-state index in [-0.39, 0.29) is 12.0 Å². The number of quaternary nitrogens is 1. The van der Waals surface area contributed by atoms with E-state index in [0.29, 0.717) is 5.92 Å². The molecule has 0 saturated carbocycles. The average molecular weight is 397 g/mol. The van der Waals surface area contributed by atoms with Gasteiger partial charge in [-0.1, -0.05) is 49.2 Å². The first-order chi connectivity index (χ1) is 14.1. The number of nitrogens with zero attached hydrogens (tertiary/aromatic N) is 2. The van der Waals surface area contributed by atoms with Crippen LogP contribution in [-0.2, 0) is 6.54 Å². The van der Waals surface area contributed by atoms with Crippen molar-refractivity contribution in [2.75, 3.05) is 30.3 Å². The van der Waals surface area contributed by atoms with E-state index in [0.717, 1.165) is 49.9 Å². The summed E-state index contributed by atoms with van der Waals surface area (Å²) in [5, 5.41) is 22.8. The highest BCUT2D eigenvalue weighted by Gasteiger charge is 2.26. The van der Waals surface area contributed by atoms with Crippen LogP contribution in [0.15, 0.2) is 42.6 Å². The van der Waals surface area contributed by atoms with E-state index >= 15 is 0 Å². The van der Waals surface area contributed by atoms with Crippen LogP contribution in [0.4, 0.5) is 11.6 Å². The van der Waals surface area contributed by atoms with Gasteiger partial charge in [0.15, 0.2) is 0 Å². The van der Waals surface area contributed by atoms with Crippen LogP contribution in [0.1, 0.15) is 37.3 Å². The van der Waals surface area contributed by atoms with E-state index in [2.05, 4.69) is 59.2 Å². The molecule has 6 N–H and O–H groups in total. The molecule has 1 aliphatic rings. The smallest absolute Gasteiger partial charge is 0.292 e. The number of aromatic nitrogens is 3. The molecule has 1 aromatic carbocycles. The second-order valence-electron chi connectivity index (χ2n) is 8.22. The van der Waals surface area contributed by atoms with Crippen LogP contribution in [0.3, 0.4) is 0 Å². The molecule has 3 aromatic rings. The minimum atomic E-state index is -0.261. The number of aromatic amines is 1. The fourth-order valence-electron chi connectivity index (χ4n) is 3.94. The maximum atomic E-state index is 10.3. The Morgan fingerprint density at radius 3 is 2.86 bits per heavy atom. The summed E-state index contributed by atoms with van der Waals surface area (Å²) in [6, 6.07) is 12.4. The summed E-state index contributed by atoms with van der Waals surface area (Å²) >= 11 is 0. The number of hydrogen-bond acceptors (Lipinski definition) is 4. The van der Waals surface area contributed by atoms with E-state index in [9.17, 15) is 5.11 Å². The van der Waals surface area contributed by atoms with Crippen molar-refractivity contribution in [2.24, 2.45) is 5.92 Å². The third-order valence-corrected chi connectivity index (χ3v) is 5.74. The third-order valence-electron chi connectivity index (χ3n) is 5.74. The summed E-state index contributed by atoms with van der Waals surface area (Å²) in [5.41, 5.74) is 3.34. The molecule has 1 fully saturated rings. The lowest BCUT2D eigenvalue weighted by Crippen LogP contribution is -2.89. The number of hydrogen-bond donors (Lipinski definition) is 5. The van der Waals surface area contributed by atoms with Crippen molar-refractivity contribution in [3.63, 3.8) is 0 Å². The normalized spacial score (nSPS) is 19.6. The molecule has 7 nitrogen and oxygen atoms in total. The number of aliphatic hydroxyl groups excluding tert-OH is 1. The molecule has 0 aliphatic carbocycles. The van der Waals surface area contributed by atoms with Crippen LogP contribution in [0.25, 0.3) is 5.65 Å². The molecule has 0 radical (unpaired) electrons. The lowest BCUT2D eigenvalue weighted by molar-refractivity contribution is -0.672. The molecule has 154 valence electrons. The molecule has 7 heteroatoms. The fraction of sp³-hybridized carbons (Fsp3) is 0.455. The van der Waals surface area contributed by atoms with Gasteiger partial charge in [0.05, 0.1) is 24.7 Å². The zero-order valence-electron chi connectivity index (χ0n) is 17.2. The molecule has 0 bridgehead atoms. The van der Waals surface area contributed by atoms with Crippen molar-refractivity contribution < 1.29 is 14.9 Å². The van der Waals surface area contributed by atoms with Gasteiger partial charge in [-0.2, -0.15) is 0 Å². The number of benzene rings is 1. The number of aliphatic hydroxyl groups is 1. The van der Waals surface area contributed by atoms with Gasteiger partial charge in [0.25, 0.3) is 5.65 Å². The third kappa shape index (κ3) is 4.52. The minimum absolute atomic E-state index is 0.261. The Balaban J connectivity index is 1.58. The Morgan fingerprint density at radius 1 is 1.28 bits per heavy atom. The molecule has 3 heterocycles. The Morgan fingerprint density at radius 2 is 2.10 bits per heavy atom. The Labute approximate surface area is 171 Å². The van der Waals surface area contributed by atoms with Crippen molar-refractivity contribution >= 4 is 17.3 Å². The summed E-state index contributed by atoms with van der Waals surface area (Å²) < 4.78 is 2.01. The zero-order valence-corrected chi connectivity index (χ0v) is 17.2. The second-order valence-corrected chi connectivity index (χ2v) is 8.22. The summed E-state index contributed by atoms with van der Waals surface area (Å²) in [5.74, 6) is 2.44. The Hall–Kier alpha value is -2.64. The molecule has 2 atom stereocenters. The van der Waals surface area contributed by atoms with Gasteiger partial charge in [-0.3, -0.25) is 10.4 Å². The van der Waals surface area contributed by atoms with Crippen LogP contribution >= 0.6 is 0 Å². The van der Waals surface area contributed by atoms with Crippen molar-refractivity contribution in [1.29, 1.82) is 0 Å². The van der Waals surface area contributed by atoms with Gasteiger partial charge in [-0.25, -0.2) is 0 Å². The van der Waals surface area contributed by atoms with Gasteiger partial charge < -0.3 is 15.7 Å². The monoisotopic (exact) mass is 396 g/mol. The van der Waals surface area contributed by atoms with Crippen molar-refractivity contribution in [1.82, 2.24) is 10.1 Å². The molecule has 4 rings (SSSR count). The average Bonchev–Trinajstić information content (AvgIpc) is 3.16. The number of nitrogens with two attached hydrogens (primary N) is 1. The van der Waals surface area contributed by atoms with Crippen LogP contribution in [0.2, 0.25) is 0 Å². The van der Waals surface area contributed by atoms with Gasteiger partial charge >= 0.3 is 0 Å². The topological polar surface area (TPSA) is 93.7 Å². The van der Waals surface area contributed by atoms with Crippen LogP contribution < -0.4 is 20.5 Å². The highest BCUT2D eigenvalue weighted by atomic mass is 16.3. The molecular weight excluding hydrogens is 364 g/mol. The number of fused-ring (bicyclic) bond motifs is 1. The highest BCUT2D eigenvalue weighted by molar-refractivity contribution is 5.53. The highest BCUT2D eigenvalue weighted by Crippen LogP contribution is 2.21. The van der Waals surface area contributed by atoms with Gasteiger partial charge in [-0.05, 0) is 11.5 Å². The zero-order chi connectivity index (χ0) is 20.2. The predicted octanol–water partition coefficient (Wildman–Crippen LogP) is 1.24. The minimum Gasteiger partial charge on any atom is -0.387 e. The predicted molar refractivity (Wildman–Crippen MR) is 114 cm³/mol. The summed E-state index contributed by atoms with van der Waals surface area (Å²) in [7, 11) is 0. The van der Waals surface area contributed by atoms with Crippen molar-refractivity contribution in [2.45, 2.75) is 38.8 Å². The van der Waals surface area contributed by atoms with Gasteiger partial charge in [0.2, 0.25) is 11.6 Å². The lowest BCUT2D eigenvalue weighted by Gasteiger charge is -2.25. The molecular formula is C22H32N6O+2. The van der Waals surface area contributed by atoms with Crippen LogP contribution in [0, 0.1) is 5.92 Å².